The highest BCUT2D eigenvalue weighted by molar-refractivity contribution is 7.13. The van der Waals surface area contributed by atoms with Crippen LogP contribution in [0.3, 0.4) is 0 Å². The number of hydrogen-bond donors (Lipinski definition) is 2. The first-order valence-electron chi connectivity index (χ1n) is 8.28. The fraction of sp³-hybridized carbons (Fsp3) is 0.111. The van der Waals surface area contributed by atoms with E-state index in [4.69, 9.17) is 4.52 Å². The van der Waals surface area contributed by atoms with E-state index >= 15 is 0 Å². The van der Waals surface area contributed by atoms with E-state index < -0.39 is 17.6 Å². The van der Waals surface area contributed by atoms with Crippen molar-refractivity contribution in [2.45, 2.75) is 12.7 Å². The number of carbonyl (C=O) groups excluding carboxylic acids is 1. The van der Waals surface area contributed by atoms with Gasteiger partial charge in [-0.05, 0) is 23.6 Å². The highest BCUT2D eigenvalue weighted by Gasteiger charge is 2.34. The maximum atomic E-state index is 13.2. The number of thiophene rings is 1. The van der Waals surface area contributed by atoms with Gasteiger partial charge in [0.15, 0.2) is 0 Å². The predicted molar refractivity (Wildman–Crippen MR) is 97.8 cm³/mol. The third-order valence-corrected chi connectivity index (χ3v) is 4.81. The first-order valence-corrected chi connectivity index (χ1v) is 9.16. The second-order valence-corrected chi connectivity index (χ2v) is 6.83. The first-order chi connectivity index (χ1) is 13.9. The van der Waals surface area contributed by atoms with E-state index in [-0.39, 0.29) is 29.4 Å². The van der Waals surface area contributed by atoms with Crippen LogP contribution in [0, 0.1) is 0 Å². The van der Waals surface area contributed by atoms with Gasteiger partial charge < -0.3 is 9.84 Å². The smallest absolute Gasteiger partial charge is 0.342 e. The van der Waals surface area contributed by atoms with Crippen LogP contribution in [0.4, 0.5) is 13.2 Å². The minimum absolute atomic E-state index is 0.00923. The summed E-state index contributed by atoms with van der Waals surface area (Å²) in [4.78, 5) is 17.3. The van der Waals surface area contributed by atoms with Crippen molar-refractivity contribution in [3.63, 3.8) is 0 Å². The monoisotopic (exact) mass is 419 g/mol. The van der Waals surface area contributed by atoms with E-state index in [1.807, 2.05) is 17.5 Å². The van der Waals surface area contributed by atoms with Crippen LogP contribution in [-0.4, -0.2) is 26.2 Å². The summed E-state index contributed by atoms with van der Waals surface area (Å²) in [6.45, 7) is -0.0370. The molecule has 0 fully saturated rings. The number of benzene rings is 1. The molecular formula is C18H12F3N5O2S. The summed E-state index contributed by atoms with van der Waals surface area (Å²) in [5.41, 5.74) is -0.922. The molecule has 1 aromatic carbocycles. The van der Waals surface area contributed by atoms with Gasteiger partial charge in [0.25, 0.3) is 5.91 Å². The van der Waals surface area contributed by atoms with Gasteiger partial charge in [0.05, 0.1) is 22.7 Å². The number of amides is 1. The molecule has 29 heavy (non-hydrogen) atoms. The molecule has 2 N–H and O–H groups in total. The zero-order valence-corrected chi connectivity index (χ0v) is 15.3. The van der Waals surface area contributed by atoms with Crippen LogP contribution in [0.1, 0.15) is 21.9 Å². The van der Waals surface area contributed by atoms with E-state index in [2.05, 4.69) is 25.7 Å². The van der Waals surface area contributed by atoms with Gasteiger partial charge in [-0.25, -0.2) is 0 Å². The maximum absolute atomic E-state index is 13.2. The number of aromatic nitrogens is 4. The van der Waals surface area contributed by atoms with Gasteiger partial charge in [-0.1, -0.05) is 29.4 Å². The second kappa shape index (κ2) is 7.51. The van der Waals surface area contributed by atoms with Crippen LogP contribution >= 0.6 is 11.3 Å². The van der Waals surface area contributed by atoms with Gasteiger partial charge in [-0.15, -0.1) is 11.3 Å². The Labute approximate surface area is 165 Å². The molecule has 0 bridgehead atoms. The lowest BCUT2D eigenvalue weighted by Gasteiger charge is -2.10. The van der Waals surface area contributed by atoms with Crippen LogP contribution in [0.2, 0.25) is 0 Å². The van der Waals surface area contributed by atoms with E-state index in [0.29, 0.717) is 5.82 Å². The van der Waals surface area contributed by atoms with Crippen LogP contribution in [-0.2, 0) is 12.7 Å². The molecule has 3 heterocycles. The van der Waals surface area contributed by atoms with Gasteiger partial charge in [0.2, 0.25) is 11.7 Å². The number of aromatic amines is 1. The third kappa shape index (κ3) is 4.04. The minimum Gasteiger partial charge on any atom is -0.342 e. The molecule has 0 unspecified atom stereocenters. The summed E-state index contributed by atoms with van der Waals surface area (Å²) in [7, 11) is 0. The Balaban J connectivity index is 1.46. The molecule has 7 nitrogen and oxygen atoms in total. The molecule has 0 aliphatic carbocycles. The summed E-state index contributed by atoms with van der Waals surface area (Å²) in [6, 6.07) is 9.97. The molecule has 0 saturated heterocycles. The van der Waals surface area contributed by atoms with Crippen molar-refractivity contribution in [1.82, 2.24) is 25.7 Å². The lowest BCUT2D eigenvalue weighted by atomic mass is 10.0. The topological polar surface area (TPSA) is 96.7 Å². The molecule has 11 heteroatoms. The zero-order chi connectivity index (χ0) is 20.4. The molecule has 4 aromatic rings. The number of halogens is 3. The Morgan fingerprint density at radius 2 is 2.03 bits per heavy atom. The largest absolute Gasteiger partial charge is 0.417 e. The third-order valence-electron chi connectivity index (χ3n) is 3.94. The number of rotatable bonds is 5. The Morgan fingerprint density at radius 3 is 2.79 bits per heavy atom. The van der Waals surface area contributed by atoms with Gasteiger partial charge in [-0.2, -0.15) is 23.3 Å². The first kappa shape index (κ1) is 18.9. The number of H-pyrrole nitrogens is 1. The standard InChI is InChI=1S/C18H12F3N5O2S/c19-18(20,21)11-5-2-1-4-10(11)12-8-13(25-24-12)17(27)22-9-15-23-16(26-28-15)14-6-3-7-29-14/h1-8H,9H2,(H,22,27)(H,24,25). The number of hydrogen-bond acceptors (Lipinski definition) is 6. The van der Waals surface area contributed by atoms with Crippen LogP contribution in [0.15, 0.2) is 52.4 Å². The number of nitrogens with one attached hydrogen (secondary N) is 2. The molecule has 0 radical (unpaired) electrons. The average Bonchev–Trinajstić information content (AvgIpc) is 3.46. The summed E-state index contributed by atoms with van der Waals surface area (Å²) >= 11 is 1.45. The van der Waals surface area contributed by atoms with Gasteiger partial charge >= 0.3 is 6.18 Å². The fourth-order valence-electron chi connectivity index (χ4n) is 2.61. The normalized spacial score (nSPS) is 11.6. The highest BCUT2D eigenvalue weighted by Crippen LogP contribution is 2.36. The van der Waals surface area contributed by atoms with Crippen molar-refractivity contribution in [2.75, 3.05) is 0 Å². The summed E-state index contributed by atoms with van der Waals surface area (Å²) in [5.74, 6) is 0.0462. The summed E-state index contributed by atoms with van der Waals surface area (Å²) in [6.07, 6.45) is -4.53. The van der Waals surface area contributed by atoms with Crippen LogP contribution in [0.5, 0.6) is 0 Å². The van der Waals surface area contributed by atoms with E-state index in [1.165, 1.54) is 35.6 Å². The molecule has 4 rings (SSSR count). The summed E-state index contributed by atoms with van der Waals surface area (Å²) < 4.78 is 44.6. The molecule has 0 saturated carbocycles. The van der Waals surface area contributed by atoms with Crippen molar-refractivity contribution in [1.29, 1.82) is 0 Å². The molecule has 0 spiro atoms. The Morgan fingerprint density at radius 1 is 1.21 bits per heavy atom. The molecule has 0 atom stereocenters. The van der Waals surface area contributed by atoms with Crippen molar-refractivity contribution < 1.29 is 22.5 Å². The van der Waals surface area contributed by atoms with Crippen molar-refractivity contribution in [3.8, 4) is 22.0 Å². The number of carbonyl (C=O) groups is 1. The molecule has 1 amide bonds. The molecular weight excluding hydrogens is 407 g/mol. The fourth-order valence-corrected chi connectivity index (χ4v) is 3.26. The van der Waals surface area contributed by atoms with Gasteiger partial charge in [0, 0.05) is 5.56 Å². The number of alkyl halides is 3. The lowest BCUT2D eigenvalue weighted by molar-refractivity contribution is -0.137. The zero-order valence-electron chi connectivity index (χ0n) is 14.5. The quantitative estimate of drug-likeness (QED) is 0.507. The van der Waals surface area contributed by atoms with E-state index in [1.54, 1.807) is 0 Å². The SMILES string of the molecule is O=C(NCc1nc(-c2cccs2)no1)c1cc(-c2ccccc2C(F)(F)F)n[nH]1. The van der Waals surface area contributed by atoms with Crippen molar-refractivity contribution >= 4 is 17.2 Å². The minimum atomic E-state index is -4.53. The van der Waals surface area contributed by atoms with E-state index in [9.17, 15) is 18.0 Å². The summed E-state index contributed by atoms with van der Waals surface area (Å²) in [5, 5.41) is 14.6. The Hall–Kier alpha value is -3.47. The van der Waals surface area contributed by atoms with Crippen LogP contribution in [0.25, 0.3) is 22.0 Å². The van der Waals surface area contributed by atoms with Crippen molar-refractivity contribution in [2.24, 2.45) is 0 Å². The maximum Gasteiger partial charge on any atom is 0.417 e. The average molecular weight is 419 g/mol. The van der Waals surface area contributed by atoms with Crippen LogP contribution < -0.4 is 5.32 Å². The predicted octanol–water partition coefficient (Wildman–Crippen LogP) is 4.14. The molecule has 0 aliphatic heterocycles. The second-order valence-electron chi connectivity index (χ2n) is 5.88. The molecule has 148 valence electrons. The van der Waals surface area contributed by atoms with E-state index in [0.717, 1.165) is 10.9 Å². The molecule has 3 aromatic heterocycles. The van der Waals surface area contributed by atoms with Crippen molar-refractivity contribution in [3.05, 3.63) is 65.0 Å². The lowest BCUT2D eigenvalue weighted by Crippen LogP contribution is -2.23. The van der Waals surface area contributed by atoms with Gasteiger partial charge in [0.1, 0.15) is 5.69 Å². The Kier molecular flexibility index (Phi) is 4.89. The Bertz CT molecular complexity index is 1130. The molecule has 0 aliphatic rings. The number of nitrogens with zero attached hydrogens (tertiary/aromatic N) is 3. The van der Waals surface area contributed by atoms with Gasteiger partial charge in [-0.3, -0.25) is 9.89 Å². The highest BCUT2D eigenvalue weighted by atomic mass is 32.1.